The van der Waals surface area contributed by atoms with E-state index in [2.05, 4.69) is 21.2 Å². The number of carboxylic acids is 1. The number of rotatable bonds is 6. The van der Waals surface area contributed by atoms with Crippen LogP contribution < -0.4 is 5.32 Å². The molecule has 0 saturated carbocycles. The van der Waals surface area contributed by atoms with Gasteiger partial charge in [0.1, 0.15) is 0 Å². The predicted molar refractivity (Wildman–Crippen MR) is 76.9 cm³/mol. The quantitative estimate of drug-likeness (QED) is 0.844. The molecule has 1 rings (SSSR count). The van der Waals surface area contributed by atoms with E-state index in [-0.39, 0.29) is 12.3 Å². The van der Waals surface area contributed by atoms with Crippen LogP contribution in [0.2, 0.25) is 0 Å². The van der Waals surface area contributed by atoms with E-state index in [1.165, 1.54) is 0 Å². The van der Waals surface area contributed by atoms with Gasteiger partial charge in [-0.3, -0.25) is 9.59 Å². The molecule has 1 aromatic carbocycles. The molecule has 2 N–H and O–H groups in total. The number of carboxylic acid groups (broad SMARTS) is 1. The second-order valence-electron chi connectivity index (χ2n) is 5.09. The Morgan fingerprint density at radius 1 is 1.26 bits per heavy atom. The Bertz CT molecular complexity index is 454. The van der Waals surface area contributed by atoms with Crippen LogP contribution in [-0.2, 0) is 16.0 Å². The van der Waals surface area contributed by atoms with Gasteiger partial charge in [-0.05, 0) is 24.1 Å². The molecule has 0 saturated heterocycles. The first-order valence-corrected chi connectivity index (χ1v) is 6.85. The maximum absolute atomic E-state index is 11.9. The summed E-state index contributed by atoms with van der Waals surface area (Å²) in [6.45, 7) is 3.77. The van der Waals surface area contributed by atoms with Gasteiger partial charge in [-0.1, -0.05) is 41.9 Å². The molecule has 19 heavy (non-hydrogen) atoms. The number of carbonyl (C=O) groups is 2. The van der Waals surface area contributed by atoms with Crippen LogP contribution in [0.25, 0.3) is 0 Å². The first-order chi connectivity index (χ1) is 8.81. The molecule has 5 heteroatoms. The number of hydrogen-bond acceptors (Lipinski definition) is 2. The van der Waals surface area contributed by atoms with Gasteiger partial charge in [0, 0.05) is 11.0 Å². The fourth-order valence-corrected chi connectivity index (χ4v) is 1.93. The number of halogens is 1. The Hall–Kier alpha value is -1.36. The van der Waals surface area contributed by atoms with Gasteiger partial charge in [0.2, 0.25) is 5.91 Å². The third kappa shape index (κ3) is 5.42. The van der Waals surface area contributed by atoms with E-state index in [1.807, 2.05) is 24.3 Å². The van der Waals surface area contributed by atoms with Gasteiger partial charge in [-0.2, -0.15) is 0 Å². The average Bonchev–Trinajstić information content (AvgIpc) is 2.30. The number of aliphatic carboxylic acids is 1. The highest BCUT2D eigenvalue weighted by Crippen LogP contribution is 2.20. The number of benzene rings is 1. The summed E-state index contributed by atoms with van der Waals surface area (Å²) in [5.74, 6) is -1.19. The number of carbonyl (C=O) groups excluding carboxylic acids is 1. The van der Waals surface area contributed by atoms with Crippen LogP contribution in [0.1, 0.15) is 25.8 Å². The Morgan fingerprint density at radius 3 is 2.37 bits per heavy atom. The minimum absolute atomic E-state index is 0.170. The summed E-state index contributed by atoms with van der Waals surface area (Å²) >= 11 is 3.36. The first-order valence-electron chi connectivity index (χ1n) is 6.06. The molecule has 104 valence electrons. The third-order valence-electron chi connectivity index (χ3n) is 2.82. The van der Waals surface area contributed by atoms with E-state index >= 15 is 0 Å². The van der Waals surface area contributed by atoms with E-state index < -0.39 is 11.4 Å². The second kappa shape index (κ2) is 6.70. The van der Waals surface area contributed by atoms with Crippen LogP contribution in [0.4, 0.5) is 0 Å². The van der Waals surface area contributed by atoms with Crippen molar-refractivity contribution < 1.29 is 14.7 Å². The van der Waals surface area contributed by atoms with Gasteiger partial charge in [0.05, 0.1) is 11.8 Å². The molecule has 0 spiro atoms. The third-order valence-corrected chi connectivity index (χ3v) is 3.35. The van der Waals surface area contributed by atoms with Gasteiger partial charge in [0.25, 0.3) is 0 Å². The Labute approximate surface area is 121 Å². The molecule has 0 aliphatic heterocycles. The maximum atomic E-state index is 11.9. The van der Waals surface area contributed by atoms with Crippen molar-refractivity contribution in [3.05, 3.63) is 34.3 Å². The molecular formula is C14H18BrNO3. The van der Waals surface area contributed by atoms with Crippen molar-refractivity contribution >= 4 is 27.8 Å². The Balaban J connectivity index is 2.42. The van der Waals surface area contributed by atoms with Crippen molar-refractivity contribution in [2.45, 2.75) is 26.7 Å². The highest BCUT2D eigenvalue weighted by molar-refractivity contribution is 9.10. The zero-order chi connectivity index (χ0) is 14.5. The van der Waals surface area contributed by atoms with Crippen molar-refractivity contribution in [3.63, 3.8) is 0 Å². The molecular weight excluding hydrogens is 310 g/mol. The van der Waals surface area contributed by atoms with Crippen LogP contribution >= 0.6 is 15.9 Å². The zero-order valence-electron chi connectivity index (χ0n) is 11.1. The van der Waals surface area contributed by atoms with Crippen molar-refractivity contribution in [1.29, 1.82) is 0 Å². The average molecular weight is 328 g/mol. The van der Waals surface area contributed by atoms with E-state index in [9.17, 15) is 9.59 Å². The Kier molecular flexibility index (Phi) is 5.54. The lowest BCUT2D eigenvalue weighted by molar-refractivity contribution is -0.144. The summed E-state index contributed by atoms with van der Waals surface area (Å²) in [5.41, 5.74) is 0.241. The van der Waals surface area contributed by atoms with Gasteiger partial charge in [0.15, 0.2) is 0 Å². The summed E-state index contributed by atoms with van der Waals surface area (Å²) < 4.78 is 1.02. The second-order valence-corrected chi connectivity index (χ2v) is 6.00. The smallest absolute Gasteiger partial charge is 0.304 e. The minimum Gasteiger partial charge on any atom is -0.481 e. The molecule has 4 nitrogen and oxygen atoms in total. The summed E-state index contributed by atoms with van der Waals surface area (Å²) in [6.07, 6.45) is 0.555. The summed E-state index contributed by atoms with van der Waals surface area (Å²) in [5, 5.41) is 11.5. The maximum Gasteiger partial charge on any atom is 0.304 e. The molecule has 0 bridgehead atoms. The molecule has 0 aliphatic carbocycles. The predicted octanol–water partition coefficient (Wildman–Crippen LogP) is 2.61. The lowest BCUT2D eigenvalue weighted by atomic mass is 9.88. The monoisotopic (exact) mass is 327 g/mol. The normalized spacial score (nSPS) is 11.1. The van der Waals surface area contributed by atoms with E-state index in [4.69, 9.17) is 5.11 Å². The molecule has 0 unspecified atom stereocenters. The van der Waals surface area contributed by atoms with E-state index in [1.54, 1.807) is 13.8 Å². The molecule has 0 atom stereocenters. The molecule has 1 amide bonds. The van der Waals surface area contributed by atoms with Crippen molar-refractivity contribution in [3.8, 4) is 0 Å². The topological polar surface area (TPSA) is 66.4 Å². The Morgan fingerprint density at radius 2 is 1.84 bits per heavy atom. The van der Waals surface area contributed by atoms with Crippen LogP contribution in [0, 0.1) is 5.41 Å². The molecule has 1 aromatic rings. The number of nitrogens with one attached hydrogen (secondary N) is 1. The van der Waals surface area contributed by atoms with Crippen molar-refractivity contribution in [2.24, 2.45) is 5.41 Å². The summed E-state index contributed by atoms with van der Waals surface area (Å²) in [6, 6.07) is 7.87. The largest absolute Gasteiger partial charge is 0.481 e. The number of amides is 1. The molecule has 0 aromatic heterocycles. The minimum atomic E-state index is -0.965. The van der Waals surface area contributed by atoms with Crippen LogP contribution in [0.5, 0.6) is 0 Å². The summed E-state index contributed by atoms with van der Waals surface area (Å²) in [7, 11) is 0. The molecule has 0 aliphatic rings. The molecule has 0 radical (unpaired) electrons. The van der Waals surface area contributed by atoms with E-state index in [0.29, 0.717) is 6.54 Å². The van der Waals surface area contributed by atoms with Gasteiger partial charge < -0.3 is 10.4 Å². The fraction of sp³-hybridized carbons (Fsp3) is 0.429. The SMILES string of the molecule is CC(C)(CC(=O)O)C(=O)NCCc1ccc(Br)cc1. The zero-order valence-corrected chi connectivity index (χ0v) is 12.7. The van der Waals surface area contributed by atoms with Crippen LogP contribution in [0.15, 0.2) is 28.7 Å². The highest BCUT2D eigenvalue weighted by atomic mass is 79.9. The molecule has 0 fully saturated rings. The van der Waals surface area contributed by atoms with E-state index in [0.717, 1.165) is 16.5 Å². The van der Waals surface area contributed by atoms with Gasteiger partial charge in [-0.15, -0.1) is 0 Å². The lowest BCUT2D eigenvalue weighted by Gasteiger charge is -2.21. The van der Waals surface area contributed by atoms with Gasteiger partial charge >= 0.3 is 5.97 Å². The van der Waals surface area contributed by atoms with Crippen molar-refractivity contribution in [2.75, 3.05) is 6.54 Å². The molecule has 0 heterocycles. The number of hydrogen-bond donors (Lipinski definition) is 2. The lowest BCUT2D eigenvalue weighted by Crippen LogP contribution is -2.39. The fourth-order valence-electron chi connectivity index (χ4n) is 1.67. The first kappa shape index (κ1) is 15.7. The van der Waals surface area contributed by atoms with Crippen LogP contribution in [0.3, 0.4) is 0 Å². The standard InChI is InChI=1S/C14H18BrNO3/c1-14(2,9-12(17)18)13(19)16-8-7-10-3-5-11(15)6-4-10/h3-6H,7-9H2,1-2H3,(H,16,19)(H,17,18). The highest BCUT2D eigenvalue weighted by Gasteiger charge is 2.29. The van der Waals surface area contributed by atoms with Crippen LogP contribution in [-0.4, -0.2) is 23.5 Å². The summed E-state index contributed by atoms with van der Waals surface area (Å²) in [4.78, 5) is 22.5. The van der Waals surface area contributed by atoms with Gasteiger partial charge in [-0.25, -0.2) is 0 Å². The van der Waals surface area contributed by atoms with Crippen molar-refractivity contribution in [1.82, 2.24) is 5.32 Å².